The van der Waals surface area contributed by atoms with Gasteiger partial charge in [0.15, 0.2) is 6.29 Å². The highest BCUT2D eigenvalue weighted by molar-refractivity contribution is 7.13. The molecule has 0 spiro atoms. The number of rotatable bonds is 8. The van der Waals surface area contributed by atoms with E-state index in [0.29, 0.717) is 28.8 Å². The standard InChI is InChI=1S/C16H21N7O2S/c1-10(16-20-7-12(8-24)26-16)23-15(25)13-6-14(22-9-21-13)19-5-4-18-11(2)17-3/h6-10H,4-5H2,1-3H3,(H,17,18)(H,23,25)(H,19,21,22). The van der Waals surface area contributed by atoms with Crippen LogP contribution in [0.1, 0.15) is 45.1 Å². The molecule has 3 N–H and O–H groups in total. The van der Waals surface area contributed by atoms with Crippen molar-refractivity contribution in [1.29, 1.82) is 0 Å². The van der Waals surface area contributed by atoms with E-state index in [1.807, 2.05) is 6.92 Å². The lowest BCUT2D eigenvalue weighted by molar-refractivity contribution is 0.0934. The van der Waals surface area contributed by atoms with Gasteiger partial charge in [-0.05, 0) is 13.8 Å². The van der Waals surface area contributed by atoms with Crippen molar-refractivity contribution < 1.29 is 9.59 Å². The normalized spacial score (nSPS) is 12.3. The van der Waals surface area contributed by atoms with Gasteiger partial charge in [0.2, 0.25) is 0 Å². The van der Waals surface area contributed by atoms with Crippen molar-refractivity contribution in [2.75, 3.05) is 25.5 Å². The first-order chi connectivity index (χ1) is 12.5. The Labute approximate surface area is 155 Å². The van der Waals surface area contributed by atoms with Gasteiger partial charge in [-0.2, -0.15) is 0 Å². The summed E-state index contributed by atoms with van der Waals surface area (Å²) in [6.45, 7) is 4.98. The maximum absolute atomic E-state index is 12.4. The van der Waals surface area contributed by atoms with E-state index < -0.39 is 0 Å². The van der Waals surface area contributed by atoms with E-state index in [2.05, 4.69) is 35.9 Å². The summed E-state index contributed by atoms with van der Waals surface area (Å²) < 4.78 is 0. The van der Waals surface area contributed by atoms with Gasteiger partial charge < -0.3 is 16.0 Å². The van der Waals surface area contributed by atoms with Crippen LogP contribution in [0.3, 0.4) is 0 Å². The monoisotopic (exact) mass is 375 g/mol. The molecule has 0 aliphatic rings. The van der Waals surface area contributed by atoms with E-state index in [4.69, 9.17) is 0 Å². The number of hydrogen-bond donors (Lipinski definition) is 3. The molecule has 2 rings (SSSR count). The van der Waals surface area contributed by atoms with Crippen LogP contribution in [0.2, 0.25) is 0 Å². The summed E-state index contributed by atoms with van der Waals surface area (Å²) in [6, 6.07) is 1.26. The number of carbonyl (C=O) groups excluding carboxylic acids is 2. The van der Waals surface area contributed by atoms with Gasteiger partial charge in [-0.25, -0.2) is 15.0 Å². The third-order valence-electron chi connectivity index (χ3n) is 3.42. The highest BCUT2D eigenvalue weighted by Gasteiger charge is 2.16. The van der Waals surface area contributed by atoms with Crippen LogP contribution in [0, 0.1) is 0 Å². The Kier molecular flexibility index (Phi) is 7.15. The van der Waals surface area contributed by atoms with Gasteiger partial charge in [0.05, 0.1) is 16.8 Å². The zero-order valence-electron chi connectivity index (χ0n) is 14.8. The summed E-state index contributed by atoms with van der Waals surface area (Å²) in [5.74, 6) is 1.07. The van der Waals surface area contributed by atoms with Crippen LogP contribution in [0.4, 0.5) is 5.82 Å². The maximum Gasteiger partial charge on any atom is 0.270 e. The molecule has 0 aliphatic carbocycles. The van der Waals surface area contributed by atoms with Crippen LogP contribution < -0.4 is 16.0 Å². The zero-order valence-corrected chi connectivity index (χ0v) is 15.6. The van der Waals surface area contributed by atoms with Crippen molar-refractivity contribution >= 4 is 35.2 Å². The molecule has 2 heterocycles. The van der Waals surface area contributed by atoms with Gasteiger partial charge in [-0.15, -0.1) is 11.3 Å². The molecule has 138 valence electrons. The summed E-state index contributed by atoms with van der Waals surface area (Å²) in [6.07, 6.45) is 3.56. The summed E-state index contributed by atoms with van der Waals surface area (Å²) in [5, 5.41) is 9.72. The van der Waals surface area contributed by atoms with Crippen molar-refractivity contribution in [2.45, 2.75) is 19.9 Å². The summed E-state index contributed by atoms with van der Waals surface area (Å²) in [5.41, 5.74) is 0.251. The predicted octanol–water partition coefficient (Wildman–Crippen LogP) is 1.29. The highest BCUT2D eigenvalue weighted by Crippen LogP contribution is 2.19. The van der Waals surface area contributed by atoms with Crippen LogP contribution in [0.15, 0.2) is 23.6 Å². The van der Waals surface area contributed by atoms with Gasteiger partial charge >= 0.3 is 0 Å². The Morgan fingerprint density at radius 1 is 1.35 bits per heavy atom. The quantitative estimate of drug-likeness (QED) is 0.275. The molecule has 0 saturated carbocycles. The van der Waals surface area contributed by atoms with E-state index in [1.54, 1.807) is 20.0 Å². The molecule has 0 aliphatic heterocycles. The molecular weight excluding hydrogens is 354 g/mol. The molecule has 2 aromatic rings. The second-order valence-electron chi connectivity index (χ2n) is 5.36. The molecule has 0 radical (unpaired) electrons. The van der Waals surface area contributed by atoms with Gasteiger partial charge in [-0.1, -0.05) is 0 Å². The minimum Gasteiger partial charge on any atom is -0.372 e. The number of amidine groups is 1. The number of anilines is 1. The predicted molar refractivity (Wildman–Crippen MR) is 101 cm³/mol. The van der Waals surface area contributed by atoms with Crippen molar-refractivity contribution in [2.24, 2.45) is 4.99 Å². The van der Waals surface area contributed by atoms with Gasteiger partial charge in [0, 0.05) is 32.4 Å². The van der Waals surface area contributed by atoms with Gasteiger partial charge in [0.25, 0.3) is 5.91 Å². The average Bonchev–Trinajstić information content (AvgIpc) is 3.14. The van der Waals surface area contributed by atoms with Crippen LogP contribution in [-0.4, -0.2) is 53.1 Å². The zero-order chi connectivity index (χ0) is 18.9. The number of aliphatic imine (C=N–C) groups is 1. The number of nitrogens with one attached hydrogen (secondary N) is 3. The Morgan fingerprint density at radius 3 is 2.85 bits per heavy atom. The molecule has 1 atom stereocenters. The molecular formula is C16H21N7O2S. The number of hydrogen-bond acceptors (Lipinski definition) is 8. The Hall–Kier alpha value is -2.88. The first kappa shape index (κ1) is 19.4. The van der Waals surface area contributed by atoms with Crippen LogP contribution >= 0.6 is 11.3 Å². The van der Waals surface area contributed by atoms with Crippen molar-refractivity contribution in [1.82, 2.24) is 25.6 Å². The molecule has 0 fully saturated rings. The number of carbonyl (C=O) groups is 2. The van der Waals surface area contributed by atoms with Gasteiger partial charge in [-0.3, -0.25) is 14.6 Å². The lowest BCUT2D eigenvalue weighted by Gasteiger charge is -2.11. The lowest BCUT2D eigenvalue weighted by atomic mass is 10.3. The largest absolute Gasteiger partial charge is 0.372 e. The Bertz CT molecular complexity index is 790. The topological polar surface area (TPSA) is 121 Å². The number of aldehydes is 1. The molecule has 1 unspecified atom stereocenters. The number of thiazole rings is 1. The average molecular weight is 375 g/mol. The highest BCUT2D eigenvalue weighted by atomic mass is 32.1. The van der Waals surface area contributed by atoms with E-state index in [1.165, 1.54) is 23.9 Å². The van der Waals surface area contributed by atoms with Crippen LogP contribution in [0.25, 0.3) is 0 Å². The molecule has 0 aromatic carbocycles. The maximum atomic E-state index is 12.4. The minimum absolute atomic E-state index is 0.251. The molecule has 9 nitrogen and oxygen atoms in total. The molecule has 26 heavy (non-hydrogen) atoms. The van der Waals surface area contributed by atoms with E-state index in [-0.39, 0.29) is 17.6 Å². The molecule has 1 amide bonds. The van der Waals surface area contributed by atoms with Crippen LogP contribution in [-0.2, 0) is 0 Å². The fourth-order valence-corrected chi connectivity index (χ4v) is 2.71. The third kappa shape index (κ3) is 5.59. The first-order valence-corrected chi connectivity index (χ1v) is 8.80. The summed E-state index contributed by atoms with van der Waals surface area (Å²) in [4.78, 5) is 39.9. The molecule has 0 bridgehead atoms. The second-order valence-corrected chi connectivity index (χ2v) is 6.46. The number of nitrogens with zero attached hydrogens (tertiary/aromatic N) is 4. The van der Waals surface area contributed by atoms with Crippen LogP contribution in [0.5, 0.6) is 0 Å². The minimum atomic E-state index is -0.335. The smallest absolute Gasteiger partial charge is 0.270 e. The van der Waals surface area contributed by atoms with E-state index in [0.717, 1.165) is 12.1 Å². The third-order valence-corrected chi connectivity index (χ3v) is 4.53. The SMILES string of the molecule is C/N=C(\C)NCCNc1cc(C(=O)NC(C)c2ncc(C=O)s2)ncn1. The fourth-order valence-electron chi connectivity index (χ4n) is 1.98. The Morgan fingerprint density at radius 2 is 2.15 bits per heavy atom. The fraction of sp³-hybridized carbons (Fsp3) is 0.375. The summed E-state index contributed by atoms with van der Waals surface area (Å²) in [7, 11) is 1.72. The molecule has 2 aromatic heterocycles. The number of aromatic nitrogens is 3. The molecule has 0 saturated heterocycles. The van der Waals surface area contributed by atoms with E-state index >= 15 is 0 Å². The van der Waals surface area contributed by atoms with Crippen molar-refractivity contribution in [3.05, 3.63) is 34.2 Å². The van der Waals surface area contributed by atoms with Gasteiger partial charge in [0.1, 0.15) is 22.8 Å². The number of amides is 1. The first-order valence-electron chi connectivity index (χ1n) is 7.98. The van der Waals surface area contributed by atoms with E-state index in [9.17, 15) is 9.59 Å². The molecule has 10 heteroatoms. The van der Waals surface area contributed by atoms with Crippen molar-refractivity contribution in [3.63, 3.8) is 0 Å². The Balaban J connectivity index is 1.91. The second kappa shape index (κ2) is 9.56. The lowest BCUT2D eigenvalue weighted by Crippen LogP contribution is -2.28. The van der Waals surface area contributed by atoms with Crippen molar-refractivity contribution in [3.8, 4) is 0 Å². The summed E-state index contributed by atoms with van der Waals surface area (Å²) >= 11 is 1.24.